The highest BCUT2D eigenvalue weighted by Crippen LogP contribution is 2.33. The van der Waals surface area contributed by atoms with E-state index in [1.807, 2.05) is 27.7 Å². The summed E-state index contributed by atoms with van der Waals surface area (Å²) < 4.78 is 10.9. The van der Waals surface area contributed by atoms with Gasteiger partial charge in [-0.2, -0.15) is 0 Å². The lowest BCUT2D eigenvalue weighted by Gasteiger charge is -2.28. The highest BCUT2D eigenvalue weighted by Gasteiger charge is 2.35. The Kier molecular flexibility index (Phi) is 11.2. The molecule has 0 aliphatic carbocycles. The van der Waals surface area contributed by atoms with Crippen molar-refractivity contribution in [2.75, 3.05) is 19.8 Å². The van der Waals surface area contributed by atoms with E-state index in [4.69, 9.17) is 9.47 Å². The van der Waals surface area contributed by atoms with Crippen LogP contribution in [0.15, 0.2) is 0 Å². The number of esters is 2. The van der Waals surface area contributed by atoms with Crippen molar-refractivity contribution >= 4 is 11.9 Å². The maximum Gasteiger partial charge on any atom is 0.311 e. The van der Waals surface area contributed by atoms with Crippen LogP contribution in [-0.2, 0) is 19.1 Å². The fourth-order valence-corrected chi connectivity index (χ4v) is 2.69. The first kappa shape index (κ1) is 25.9. The van der Waals surface area contributed by atoms with Crippen LogP contribution in [0.4, 0.5) is 0 Å². The predicted molar refractivity (Wildman–Crippen MR) is 111 cm³/mol. The number of rotatable bonds is 13. The summed E-state index contributed by atoms with van der Waals surface area (Å²) in [6, 6.07) is 0. The third kappa shape index (κ3) is 10.7. The molecular formula is C22H43NO4. The van der Waals surface area contributed by atoms with Crippen LogP contribution < -0.4 is 5.32 Å². The van der Waals surface area contributed by atoms with Crippen LogP contribution in [0.1, 0.15) is 93.9 Å². The first-order valence-corrected chi connectivity index (χ1v) is 10.5. The van der Waals surface area contributed by atoms with Gasteiger partial charge in [-0.15, -0.1) is 0 Å². The zero-order chi connectivity index (χ0) is 21.1. The van der Waals surface area contributed by atoms with Crippen molar-refractivity contribution in [1.29, 1.82) is 0 Å². The van der Waals surface area contributed by atoms with Crippen LogP contribution in [0.5, 0.6) is 0 Å². The Bertz CT molecular complexity index is 454. The standard InChI is InChI=1S/C22H43NO4/c1-9-11-16-26-19(25)22(8,10-2)14-12-13-21(6,7)18(24)27-17-15-23-20(3,4)5/h23H,9-17H2,1-8H3. The molecule has 1 N–H and O–H groups in total. The Labute approximate surface area is 167 Å². The van der Waals surface area contributed by atoms with Crippen LogP contribution >= 0.6 is 0 Å². The molecule has 1 atom stereocenters. The maximum atomic E-state index is 12.4. The molecule has 0 fully saturated rings. The smallest absolute Gasteiger partial charge is 0.311 e. The van der Waals surface area contributed by atoms with Crippen molar-refractivity contribution in [3.05, 3.63) is 0 Å². The van der Waals surface area contributed by atoms with Crippen LogP contribution in [0.25, 0.3) is 0 Å². The molecule has 1 unspecified atom stereocenters. The number of ether oxygens (including phenoxy) is 2. The average Bonchev–Trinajstić information content (AvgIpc) is 2.57. The zero-order valence-corrected chi connectivity index (χ0v) is 19.0. The maximum absolute atomic E-state index is 12.4. The molecule has 5 nitrogen and oxygen atoms in total. The van der Waals surface area contributed by atoms with Crippen LogP contribution in [-0.4, -0.2) is 37.2 Å². The number of hydrogen-bond donors (Lipinski definition) is 1. The van der Waals surface area contributed by atoms with Gasteiger partial charge in [0.05, 0.1) is 17.4 Å². The summed E-state index contributed by atoms with van der Waals surface area (Å²) in [5, 5.41) is 3.30. The summed E-state index contributed by atoms with van der Waals surface area (Å²) >= 11 is 0. The Balaban J connectivity index is 4.39. The summed E-state index contributed by atoms with van der Waals surface area (Å²) in [4.78, 5) is 24.8. The molecule has 0 aromatic rings. The second kappa shape index (κ2) is 11.7. The lowest BCUT2D eigenvalue weighted by molar-refractivity contribution is -0.156. The molecule has 27 heavy (non-hydrogen) atoms. The Morgan fingerprint density at radius 2 is 1.41 bits per heavy atom. The third-order valence-electron chi connectivity index (χ3n) is 5.08. The molecule has 0 amide bonds. The van der Waals surface area contributed by atoms with E-state index in [-0.39, 0.29) is 17.5 Å². The second-order valence-electron chi connectivity index (χ2n) is 9.45. The molecule has 0 bridgehead atoms. The van der Waals surface area contributed by atoms with Gasteiger partial charge < -0.3 is 14.8 Å². The van der Waals surface area contributed by atoms with Crippen molar-refractivity contribution in [3.63, 3.8) is 0 Å². The molecule has 5 heteroatoms. The number of nitrogens with one attached hydrogen (secondary N) is 1. The van der Waals surface area contributed by atoms with Crippen LogP contribution in [0, 0.1) is 10.8 Å². The predicted octanol–water partition coefficient (Wildman–Crippen LogP) is 4.87. The van der Waals surface area contributed by atoms with Gasteiger partial charge >= 0.3 is 11.9 Å². The largest absolute Gasteiger partial charge is 0.465 e. The summed E-state index contributed by atoms with van der Waals surface area (Å²) in [5.41, 5.74) is -1.02. The number of carbonyl (C=O) groups is 2. The van der Waals surface area contributed by atoms with E-state index in [0.717, 1.165) is 32.1 Å². The first-order chi connectivity index (χ1) is 12.4. The van der Waals surface area contributed by atoms with E-state index in [0.29, 0.717) is 26.2 Å². The zero-order valence-electron chi connectivity index (χ0n) is 19.0. The van der Waals surface area contributed by atoms with Crippen LogP contribution in [0.3, 0.4) is 0 Å². The lowest BCUT2D eigenvalue weighted by atomic mass is 9.79. The van der Waals surface area contributed by atoms with E-state index < -0.39 is 10.8 Å². The summed E-state index contributed by atoms with van der Waals surface area (Å²) in [7, 11) is 0. The van der Waals surface area contributed by atoms with Crippen LogP contribution in [0.2, 0.25) is 0 Å². The topological polar surface area (TPSA) is 64.6 Å². The fraction of sp³-hybridized carbons (Fsp3) is 0.909. The Morgan fingerprint density at radius 3 is 1.93 bits per heavy atom. The summed E-state index contributed by atoms with van der Waals surface area (Å²) in [5.74, 6) is -0.297. The molecule has 0 saturated heterocycles. The van der Waals surface area contributed by atoms with E-state index in [1.54, 1.807) is 0 Å². The molecule has 0 aromatic heterocycles. The van der Waals surface area contributed by atoms with Gasteiger partial charge in [0.15, 0.2) is 0 Å². The molecule has 0 spiro atoms. The van der Waals surface area contributed by atoms with Gasteiger partial charge in [0.25, 0.3) is 0 Å². The Hall–Kier alpha value is -1.10. The quantitative estimate of drug-likeness (QED) is 0.362. The first-order valence-electron chi connectivity index (χ1n) is 10.5. The summed E-state index contributed by atoms with van der Waals surface area (Å²) in [6.07, 6.45) is 4.84. The van der Waals surface area contributed by atoms with Gasteiger partial charge in [0.1, 0.15) is 6.61 Å². The van der Waals surface area contributed by atoms with Gasteiger partial charge in [-0.05, 0) is 67.2 Å². The van der Waals surface area contributed by atoms with Gasteiger partial charge in [-0.25, -0.2) is 0 Å². The molecule has 0 aliphatic rings. The van der Waals surface area contributed by atoms with Crippen molar-refractivity contribution in [2.24, 2.45) is 10.8 Å². The van der Waals surface area contributed by atoms with Gasteiger partial charge in [-0.3, -0.25) is 9.59 Å². The molecular weight excluding hydrogens is 342 g/mol. The molecule has 0 rings (SSSR count). The molecule has 0 radical (unpaired) electrons. The summed E-state index contributed by atoms with van der Waals surface area (Å²) in [6.45, 7) is 17.6. The Morgan fingerprint density at radius 1 is 0.815 bits per heavy atom. The normalized spacial score (nSPS) is 14.5. The molecule has 160 valence electrons. The minimum absolute atomic E-state index is 0.0122. The van der Waals surface area contributed by atoms with E-state index >= 15 is 0 Å². The van der Waals surface area contributed by atoms with Crippen molar-refractivity contribution in [3.8, 4) is 0 Å². The van der Waals surface area contributed by atoms with Crippen molar-refractivity contribution in [2.45, 2.75) is 99.5 Å². The van der Waals surface area contributed by atoms with Gasteiger partial charge in [0.2, 0.25) is 0 Å². The van der Waals surface area contributed by atoms with Crippen molar-refractivity contribution < 1.29 is 19.1 Å². The van der Waals surface area contributed by atoms with E-state index in [2.05, 4.69) is 33.0 Å². The van der Waals surface area contributed by atoms with E-state index in [9.17, 15) is 9.59 Å². The second-order valence-corrected chi connectivity index (χ2v) is 9.45. The minimum Gasteiger partial charge on any atom is -0.465 e. The molecule has 0 saturated carbocycles. The number of carbonyl (C=O) groups excluding carboxylic acids is 2. The monoisotopic (exact) mass is 385 g/mol. The van der Waals surface area contributed by atoms with Crippen molar-refractivity contribution in [1.82, 2.24) is 5.32 Å². The highest BCUT2D eigenvalue weighted by atomic mass is 16.5. The lowest BCUT2D eigenvalue weighted by Crippen LogP contribution is -2.39. The minimum atomic E-state index is -0.553. The SMILES string of the molecule is CCCCOC(=O)C(C)(CC)CCCC(C)(C)C(=O)OCCNC(C)(C)C. The fourth-order valence-electron chi connectivity index (χ4n) is 2.69. The highest BCUT2D eigenvalue weighted by molar-refractivity contribution is 5.77. The number of hydrogen-bond acceptors (Lipinski definition) is 5. The average molecular weight is 386 g/mol. The van der Waals surface area contributed by atoms with Gasteiger partial charge in [-0.1, -0.05) is 26.7 Å². The molecule has 0 heterocycles. The number of unbranched alkanes of at least 4 members (excludes halogenated alkanes) is 1. The van der Waals surface area contributed by atoms with Gasteiger partial charge in [0, 0.05) is 12.1 Å². The molecule has 0 aliphatic heterocycles. The molecule has 0 aromatic carbocycles. The van der Waals surface area contributed by atoms with E-state index in [1.165, 1.54) is 0 Å². The third-order valence-corrected chi connectivity index (χ3v) is 5.08.